The van der Waals surface area contributed by atoms with E-state index in [2.05, 4.69) is 5.32 Å². The lowest BCUT2D eigenvalue weighted by atomic mass is 10.1. The summed E-state index contributed by atoms with van der Waals surface area (Å²) >= 11 is 12.7. The molecule has 1 atom stereocenters. The van der Waals surface area contributed by atoms with Crippen molar-refractivity contribution in [3.05, 3.63) is 58.1 Å². The van der Waals surface area contributed by atoms with Gasteiger partial charge in [-0.1, -0.05) is 48.3 Å². The molecule has 0 aliphatic rings. The van der Waals surface area contributed by atoms with E-state index in [-0.39, 0.29) is 18.1 Å². The monoisotopic (exact) mass is 543 g/mol. The highest BCUT2D eigenvalue weighted by Crippen LogP contribution is 2.31. The number of hydrogen-bond donors (Lipinski definition) is 1. The molecule has 192 valence electrons. The first-order chi connectivity index (χ1) is 16.5. The van der Waals surface area contributed by atoms with Crippen LogP contribution in [0, 0.1) is 0 Å². The number of carbonyl (C=O) groups excluding carboxylic acids is 2. The Labute approximate surface area is 217 Å². The van der Waals surface area contributed by atoms with Crippen molar-refractivity contribution in [2.24, 2.45) is 0 Å². The van der Waals surface area contributed by atoms with Gasteiger partial charge in [-0.25, -0.2) is 8.42 Å². The second kappa shape index (κ2) is 13.0. The van der Waals surface area contributed by atoms with Crippen LogP contribution in [-0.2, 0) is 26.2 Å². The van der Waals surface area contributed by atoms with E-state index >= 15 is 0 Å². The van der Waals surface area contributed by atoms with Gasteiger partial charge in [0.05, 0.1) is 18.6 Å². The molecule has 35 heavy (non-hydrogen) atoms. The van der Waals surface area contributed by atoms with Gasteiger partial charge >= 0.3 is 0 Å². The van der Waals surface area contributed by atoms with Crippen molar-refractivity contribution in [2.75, 3.05) is 30.3 Å². The van der Waals surface area contributed by atoms with E-state index in [1.807, 2.05) is 6.92 Å². The third kappa shape index (κ3) is 7.75. The fourth-order valence-corrected chi connectivity index (χ4v) is 4.74. The predicted octanol–water partition coefficient (Wildman–Crippen LogP) is 4.10. The van der Waals surface area contributed by atoms with Crippen molar-refractivity contribution in [1.29, 1.82) is 0 Å². The lowest BCUT2D eigenvalue weighted by Crippen LogP contribution is -2.51. The van der Waals surface area contributed by atoms with Gasteiger partial charge in [0.1, 0.15) is 18.3 Å². The van der Waals surface area contributed by atoms with E-state index in [0.29, 0.717) is 34.5 Å². The molecule has 0 saturated heterocycles. The first-order valence-electron chi connectivity index (χ1n) is 11.2. The number of nitrogens with one attached hydrogen (secondary N) is 1. The van der Waals surface area contributed by atoms with Gasteiger partial charge in [-0.2, -0.15) is 0 Å². The molecule has 0 aromatic heterocycles. The molecule has 0 radical (unpaired) electrons. The van der Waals surface area contributed by atoms with Gasteiger partial charge in [0.15, 0.2) is 0 Å². The van der Waals surface area contributed by atoms with Crippen molar-refractivity contribution < 1.29 is 22.7 Å². The maximum absolute atomic E-state index is 13.6. The fourth-order valence-electron chi connectivity index (χ4n) is 3.37. The van der Waals surface area contributed by atoms with Crippen LogP contribution in [0.5, 0.6) is 5.75 Å². The second-order valence-electron chi connectivity index (χ2n) is 7.86. The summed E-state index contributed by atoms with van der Waals surface area (Å²) in [6, 6.07) is 10.6. The molecule has 8 nitrogen and oxygen atoms in total. The number of amides is 2. The lowest BCUT2D eigenvalue weighted by Gasteiger charge is -2.32. The average molecular weight is 545 g/mol. The van der Waals surface area contributed by atoms with Crippen LogP contribution in [0.4, 0.5) is 5.69 Å². The number of rotatable bonds is 12. The quantitative estimate of drug-likeness (QED) is 0.434. The normalized spacial score (nSPS) is 12.1. The summed E-state index contributed by atoms with van der Waals surface area (Å²) in [5.41, 5.74) is 0.684. The Morgan fingerprint density at radius 3 is 2.26 bits per heavy atom. The summed E-state index contributed by atoms with van der Waals surface area (Å²) in [4.78, 5) is 27.7. The summed E-state index contributed by atoms with van der Waals surface area (Å²) in [5, 5.41) is 3.44. The first-order valence-corrected chi connectivity index (χ1v) is 13.8. The summed E-state index contributed by atoms with van der Waals surface area (Å²) in [6.07, 6.45) is 1.73. The largest absolute Gasteiger partial charge is 0.492 e. The van der Waals surface area contributed by atoms with E-state index in [1.54, 1.807) is 56.3 Å². The van der Waals surface area contributed by atoms with Gasteiger partial charge in [0.25, 0.3) is 0 Å². The van der Waals surface area contributed by atoms with Crippen LogP contribution in [-0.4, -0.2) is 57.1 Å². The van der Waals surface area contributed by atoms with Gasteiger partial charge in [-0.15, -0.1) is 0 Å². The Bertz CT molecular complexity index is 1120. The van der Waals surface area contributed by atoms with Crippen LogP contribution in [0.1, 0.15) is 32.8 Å². The molecule has 0 aliphatic carbocycles. The van der Waals surface area contributed by atoms with Gasteiger partial charge in [-0.3, -0.25) is 13.9 Å². The number of hydrogen-bond acceptors (Lipinski definition) is 5. The lowest BCUT2D eigenvalue weighted by molar-refractivity contribution is -0.139. The Kier molecular flexibility index (Phi) is 10.7. The molecule has 0 saturated carbocycles. The van der Waals surface area contributed by atoms with Crippen LogP contribution >= 0.6 is 23.2 Å². The van der Waals surface area contributed by atoms with Crippen LogP contribution in [0.15, 0.2) is 42.5 Å². The van der Waals surface area contributed by atoms with Crippen molar-refractivity contribution in [1.82, 2.24) is 10.2 Å². The van der Waals surface area contributed by atoms with Crippen LogP contribution in [0.25, 0.3) is 0 Å². The number of sulfonamides is 1. The van der Waals surface area contributed by atoms with Crippen LogP contribution in [0.3, 0.4) is 0 Å². The zero-order valence-electron chi connectivity index (χ0n) is 20.3. The van der Waals surface area contributed by atoms with E-state index in [1.165, 1.54) is 4.90 Å². The topological polar surface area (TPSA) is 96.0 Å². The molecule has 11 heteroatoms. The molecule has 0 bridgehead atoms. The summed E-state index contributed by atoms with van der Waals surface area (Å²) in [6.45, 7) is 5.39. The number of halogens is 2. The zero-order chi connectivity index (χ0) is 26.2. The average Bonchev–Trinajstić information content (AvgIpc) is 2.80. The molecule has 2 rings (SSSR count). The van der Waals surface area contributed by atoms with Gasteiger partial charge in [0.2, 0.25) is 21.8 Å². The van der Waals surface area contributed by atoms with Gasteiger partial charge < -0.3 is 15.0 Å². The van der Waals surface area contributed by atoms with Gasteiger partial charge in [0, 0.05) is 28.7 Å². The minimum Gasteiger partial charge on any atom is -0.492 e. The third-order valence-electron chi connectivity index (χ3n) is 5.22. The molecule has 0 unspecified atom stereocenters. The molecule has 2 aromatic carbocycles. The molecule has 0 spiro atoms. The smallest absolute Gasteiger partial charge is 0.244 e. The maximum Gasteiger partial charge on any atom is 0.244 e. The van der Waals surface area contributed by atoms with E-state index < -0.39 is 28.5 Å². The highest BCUT2D eigenvalue weighted by molar-refractivity contribution is 7.92. The summed E-state index contributed by atoms with van der Waals surface area (Å²) in [7, 11) is -3.88. The highest BCUT2D eigenvalue weighted by atomic mass is 35.5. The van der Waals surface area contributed by atoms with E-state index in [9.17, 15) is 18.0 Å². The predicted molar refractivity (Wildman–Crippen MR) is 140 cm³/mol. The first kappa shape index (κ1) is 28.7. The molecular formula is C24H31Cl2N3O5S. The molecule has 1 N–H and O–H groups in total. The molecule has 2 amide bonds. The number of para-hydroxylation sites is 2. The van der Waals surface area contributed by atoms with Crippen molar-refractivity contribution in [2.45, 2.75) is 39.8 Å². The third-order valence-corrected chi connectivity index (χ3v) is 7.05. The van der Waals surface area contributed by atoms with E-state index in [0.717, 1.165) is 17.0 Å². The molecule has 2 aromatic rings. The van der Waals surface area contributed by atoms with Crippen molar-refractivity contribution in [3.63, 3.8) is 0 Å². The SMILES string of the molecule is CCCNC(=O)[C@@H](C)N(Cc1c(Cl)cccc1Cl)C(=O)CN(c1ccccc1OCC)S(C)(=O)=O. The second-order valence-corrected chi connectivity index (χ2v) is 10.6. The van der Waals surface area contributed by atoms with Gasteiger partial charge in [-0.05, 0) is 44.5 Å². The Balaban J connectivity index is 2.48. The number of carbonyl (C=O) groups is 2. The molecule has 0 fully saturated rings. The Morgan fingerprint density at radius 2 is 1.69 bits per heavy atom. The van der Waals surface area contributed by atoms with Crippen LogP contribution in [0.2, 0.25) is 10.0 Å². The van der Waals surface area contributed by atoms with Crippen LogP contribution < -0.4 is 14.4 Å². The highest BCUT2D eigenvalue weighted by Gasteiger charge is 2.31. The molecule has 0 heterocycles. The fraction of sp³-hybridized carbons (Fsp3) is 0.417. The minimum absolute atomic E-state index is 0.0806. The van der Waals surface area contributed by atoms with Crippen molar-refractivity contribution >= 4 is 50.7 Å². The van der Waals surface area contributed by atoms with E-state index in [4.69, 9.17) is 27.9 Å². The number of benzene rings is 2. The molecule has 0 aliphatic heterocycles. The number of ether oxygens (including phenoxy) is 1. The maximum atomic E-state index is 13.6. The summed E-state index contributed by atoms with van der Waals surface area (Å²) in [5.74, 6) is -0.650. The summed E-state index contributed by atoms with van der Waals surface area (Å²) < 4.78 is 32.0. The van der Waals surface area contributed by atoms with Crippen molar-refractivity contribution in [3.8, 4) is 5.75 Å². The molecular weight excluding hydrogens is 513 g/mol. The Morgan fingerprint density at radius 1 is 1.06 bits per heavy atom. The Hall–Kier alpha value is -2.49. The standard InChI is InChI=1S/C24H31Cl2N3O5S/c1-5-14-27-24(31)17(3)28(15-18-19(25)10-9-11-20(18)26)23(30)16-29(35(4,32)33)21-12-7-8-13-22(21)34-6-2/h7-13,17H,5-6,14-16H2,1-4H3,(H,27,31)/t17-/m1/s1. The number of anilines is 1. The zero-order valence-corrected chi connectivity index (χ0v) is 22.6. The number of nitrogens with zero attached hydrogens (tertiary/aromatic N) is 2. The minimum atomic E-state index is -3.88.